The molecule has 0 radical (unpaired) electrons. The molecule has 0 aromatic heterocycles. The zero-order valence-electron chi connectivity index (χ0n) is 11.9. The fourth-order valence-electron chi connectivity index (χ4n) is 2.17. The molecular formula is C17H18N2O2. The van der Waals surface area contributed by atoms with Crippen molar-refractivity contribution in [1.29, 1.82) is 5.26 Å². The molecule has 0 saturated heterocycles. The molecule has 2 N–H and O–H groups in total. The molecule has 0 aliphatic heterocycles. The average molecular weight is 282 g/mol. The van der Waals surface area contributed by atoms with Gasteiger partial charge in [-0.2, -0.15) is 5.26 Å². The number of nitrogens with one attached hydrogen (secondary N) is 1. The summed E-state index contributed by atoms with van der Waals surface area (Å²) in [6.07, 6.45) is 0. The van der Waals surface area contributed by atoms with E-state index in [2.05, 4.69) is 11.4 Å². The van der Waals surface area contributed by atoms with E-state index in [4.69, 9.17) is 10.00 Å². The molecule has 0 amide bonds. The van der Waals surface area contributed by atoms with E-state index >= 15 is 0 Å². The van der Waals surface area contributed by atoms with E-state index in [1.807, 2.05) is 36.4 Å². The van der Waals surface area contributed by atoms with E-state index in [-0.39, 0.29) is 12.6 Å². The van der Waals surface area contributed by atoms with E-state index in [0.29, 0.717) is 17.9 Å². The minimum Gasteiger partial charge on any atom is -0.496 e. The molecule has 2 aromatic carbocycles. The molecule has 4 heteroatoms. The Morgan fingerprint density at radius 3 is 2.62 bits per heavy atom. The highest BCUT2D eigenvalue weighted by atomic mass is 16.5. The first-order chi connectivity index (χ1) is 10.3. The van der Waals surface area contributed by atoms with Crippen LogP contribution in [0, 0.1) is 11.3 Å². The number of hydrogen-bond donors (Lipinski definition) is 2. The Hall–Kier alpha value is -2.35. The lowest BCUT2D eigenvalue weighted by atomic mass is 10.1. The molecular weight excluding hydrogens is 264 g/mol. The number of aliphatic hydroxyl groups excluding tert-OH is 1. The molecule has 2 aromatic rings. The van der Waals surface area contributed by atoms with Gasteiger partial charge in [-0.1, -0.05) is 36.4 Å². The van der Waals surface area contributed by atoms with Crippen LogP contribution in [0.5, 0.6) is 5.75 Å². The number of hydrogen-bond acceptors (Lipinski definition) is 4. The number of methoxy groups -OCH3 is 1. The second-order valence-electron chi connectivity index (χ2n) is 4.67. The monoisotopic (exact) mass is 282 g/mol. The van der Waals surface area contributed by atoms with E-state index in [1.54, 1.807) is 19.2 Å². The summed E-state index contributed by atoms with van der Waals surface area (Å²) in [5.41, 5.74) is 2.55. The third-order valence-electron chi connectivity index (χ3n) is 3.34. The number of nitrogens with zero attached hydrogens (tertiary/aromatic N) is 1. The summed E-state index contributed by atoms with van der Waals surface area (Å²) in [4.78, 5) is 0. The summed E-state index contributed by atoms with van der Waals surface area (Å²) >= 11 is 0. The van der Waals surface area contributed by atoms with Gasteiger partial charge < -0.3 is 15.2 Å². The topological polar surface area (TPSA) is 65.3 Å². The molecule has 0 spiro atoms. The Morgan fingerprint density at radius 1 is 1.24 bits per heavy atom. The lowest BCUT2D eigenvalue weighted by molar-refractivity contribution is 0.243. The van der Waals surface area contributed by atoms with Crippen LogP contribution in [0.15, 0.2) is 48.5 Å². The SMILES string of the molecule is COc1cc(C#N)ccc1CNC(CO)c1ccccc1. The first kappa shape index (κ1) is 15.0. The normalized spacial score (nSPS) is 11.7. The van der Waals surface area contributed by atoms with Crippen molar-refractivity contribution < 1.29 is 9.84 Å². The van der Waals surface area contributed by atoms with Gasteiger partial charge in [0, 0.05) is 12.1 Å². The van der Waals surface area contributed by atoms with E-state index in [9.17, 15) is 5.11 Å². The minimum absolute atomic E-state index is 0.0165. The largest absolute Gasteiger partial charge is 0.496 e. The second-order valence-corrected chi connectivity index (χ2v) is 4.67. The van der Waals surface area contributed by atoms with Crippen LogP contribution in [-0.2, 0) is 6.54 Å². The summed E-state index contributed by atoms with van der Waals surface area (Å²) in [7, 11) is 1.58. The van der Waals surface area contributed by atoms with E-state index < -0.39 is 0 Å². The summed E-state index contributed by atoms with van der Waals surface area (Å²) in [5, 5.41) is 21.7. The smallest absolute Gasteiger partial charge is 0.124 e. The molecule has 2 rings (SSSR count). The van der Waals surface area contributed by atoms with Gasteiger partial charge in [0.05, 0.1) is 31.4 Å². The summed E-state index contributed by atoms with van der Waals surface area (Å²) in [6.45, 7) is 0.567. The number of ether oxygens (including phenoxy) is 1. The van der Waals surface area contributed by atoms with Crippen molar-refractivity contribution in [3.8, 4) is 11.8 Å². The number of rotatable bonds is 6. The summed E-state index contributed by atoms with van der Waals surface area (Å²) < 4.78 is 5.31. The molecule has 0 fully saturated rings. The van der Waals surface area contributed by atoms with Crippen molar-refractivity contribution in [2.45, 2.75) is 12.6 Å². The highest BCUT2D eigenvalue weighted by Gasteiger charge is 2.11. The fraction of sp³-hybridized carbons (Fsp3) is 0.235. The van der Waals surface area contributed by atoms with Crippen LogP contribution in [0.2, 0.25) is 0 Å². The van der Waals surface area contributed by atoms with Crippen LogP contribution in [-0.4, -0.2) is 18.8 Å². The van der Waals surface area contributed by atoms with Crippen molar-refractivity contribution in [3.05, 3.63) is 65.2 Å². The van der Waals surface area contributed by atoms with Gasteiger partial charge in [-0.3, -0.25) is 0 Å². The van der Waals surface area contributed by atoms with Crippen molar-refractivity contribution in [2.75, 3.05) is 13.7 Å². The maximum Gasteiger partial charge on any atom is 0.124 e. The molecule has 4 nitrogen and oxygen atoms in total. The Morgan fingerprint density at radius 2 is 2.00 bits per heavy atom. The van der Waals surface area contributed by atoms with Crippen LogP contribution in [0.4, 0.5) is 0 Å². The Kier molecular flexibility index (Phi) is 5.33. The number of nitriles is 1. The van der Waals surface area contributed by atoms with Gasteiger partial charge >= 0.3 is 0 Å². The van der Waals surface area contributed by atoms with Crippen LogP contribution in [0.25, 0.3) is 0 Å². The predicted octanol–water partition coefficient (Wildman–Crippen LogP) is 2.39. The molecule has 108 valence electrons. The standard InChI is InChI=1S/C17H18N2O2/c1-21-17-9-13(10-18)7-8-15(17)11-19-16(12-20)14-5-3-2-4-6-14/h2-9,16,19-20H,11-12H2,1H3. The van der Waals surface area contributed by atoms with Crippen LogP contribution >= 0.6 is 0 Å². The van der Waals surface area contributed by atoms with Gasteiger partial charge in [0.15, 0.2) is 0 Å². The van der Waals surface area contributed by atoms with Gasteiger partial charge in [-0.05, 0) is 17.7 Å². The first-order valence-electron chi connectivity index (χ1n) is 6.74. The summed E-state index contributed by atoms with van der Waals surface area (Å²) in [6, 6.07) is 17.1. The molecule has 21 heavy (non-hydrogen) atoms. The average Bonchev–Trinajstić information content (AvgIpc) is 2.56. The van der Waals surface area contributed by atoms with Crippen LogP contribution < -0.4 is 10.1 Å². The molecule has 0 heterocycles. The lowest BCUT2D eigenvalue weighted by Crippen LogP contribution is -2.24. The van der Waals surface area contributed by atoms with Gasteiger partial charge in [0.25, 0.3) is 0 Å². The molecule has 0 aliphatic rings. The Bertz CT molecular complexity index is 620. The van der Waals surface area contributed by atoms with Gasteiger partial charge in [-0.15, -0.1) is 0 Å². The van der Waals surface area contributed by atoms with Crippen molar-refractivity contribution in [1.82, 2.24) is 5.32 Å². The Balaban J connectivity index is 2.10. The van der Waals surface area contributed by atoms with Gasteiger partial charge in [0.2, 0.25) is 0 Å². The van der Waals surface area contributed by atoms with E-state index in [0.717, 1.165) is 11.1 Å². The maximum atomic E-state index is 9.53. The minimum atomic E-state index is -0.133. The van der Waals surface area contributed by atoms with Crippen molar-refractivity contribution in [3.63, 3.8) is 0 Å². The predicted molar refractivity (Wildman–Crippen MR) is 80.8 cm³/mol. The highest BCUT2D eigenvalue weighted by Crippen LogP contribution is 2.21. The molecule has 0 bridgehead atoms. The number of benzene rings is 2. The van der Waals surface area contributed by atoms with E-state index in [1.165, 1.54) is 0 Å². The molecule has 0 saturated carbocycles. The maximum absolute atomic E-state index is 9.53. The Labute approximate surface area is 124 Å². The fourth-order valence-corrected chi connectivity index (χ4v) is 2.17. The van der Waals surface area contributed by atoms with Crippen molar-refractivity contribution in [2.24, 2.45) is 0 Å². The molecule has 0 aliphatic carbocycles. The first-order valence-corrected chi connectivity index (χ1v) is 6.74. The van der Waals surface area contributed by atoms with Crippen molar-refractivity contribution >= 4 is 0 Å². The summed E-state index contributed by atoms with van der Waals surface area (Å²) in [5.74, 6) is 0.673. The van der Waals surface area contributed by atoms with Crippen LogP contribution in [0.3, 0.4) is 0 Å². The zero-order chi connectivity index (χ0) is 15.1. The highest BCUT2D eigenvalue weighted by molar-refractivity contribution is 5.42. The zero-order valence-corrected chi connectivity index (χ0v) is 11.9. The number of aliphatic hydroxyl groups is 1. The third kappa shape index (κ3) is 3.82. The molecule has 1 atom stereocenters. The molecule has 1 unspecified atom stereocenters. The lowest BCUT2D eigenvalue weighted by Gasteiger charge is -2.18. The quantitative estimate of drug-likeness (QED) is 0.854. The second kappa shape index (κ2) is 7.44. The van der Waals surface area contributed by atoms with Gasteiger partial charge in [0.1, 0.15) is 5.75 Å². The van der Waals surface area contributed by atoms with Crippen LogP contribution in [0.1, 0.15) is 22.7 Å². The van der Waals surface area contributed by atoms with Gasteiger partial charge in [-0.25, -0.2) is 0 Å². The third-order valence-corrected chi connectivity index (χ3v) is 3.34.